The molecular formula is C17H20MnN4O4. The topological polar surface area (TPSA) is 75.2 Å². The maximum atomic E-state index is 11.9. The van der Waals surface area contributed by atoms with E-state index in [2.05, 4.69) is 11.9 Å². The number of hydrogen-bond donors (Lipinski definition) is 0. The first kappa shape index (κ1) is 19.3. The molecule has 0 spiro atoms. The van der Waals surface area contributed by atoms with Crippen LogP contribution in [-0.4, -0.2) is 71.4 Å². The van der Waals surface area contributed by atoms with E-state index in [9.17, 15) is 9.59 Å². The molecule has 26 heavy (non-hydrogen) atoms. The maximum absolute atomic E-state index is 11.9. The molecule has 1 aromatic rings. The SMILES string of the molecule is [CH2-]C12OC(=O)CN1CCN(C)C[C-]1OC(=O)CN1Cc1cccc2n1.[Mn+2]. The zero-order chi connectivity index (χ0) is 17.6. The molecule has 1 aromatic heterocycles. The number of fused-ring (bicyclic) bond motifs is 5. The molecule has 1 atom stereocenters. The van der Waals surface area contributed by atoms with E-state index in [-0.39, 0.29) is 42.1 Å². The molecule has 0 N–H and O–H groups in total. The van der Waals surface area contributed by atoms with Crippen molar-refractivity contribution in [1.82, 2.24) is 19.7 Å². The Morgan fingerprint density at radius 2 is 2.00 bits per heavy atom. The first-order chi connectivity index (χ1) is 11.9. The average molecular weight is 399 g/mol. The summed E-state index contributed by atoms with van der Waals surface area (Å²) in [6.45, 7) is 6.76. The van der Waals surface area contributed by atoms with Crippen LogP contribution in [0, 0.1) is 13.2 Å². The van der Waals surface area contributed by atoms with Crippen LogP contribution in [0.5, 0.6) is 0 Å². The fourth-order valence-corrected chi connectivity index (χ4v) is 3.37. The van der Waals surface area contributed by atoms with Crippen LogP contribution < -0.4 is 0 Å². The van der Waals surface area contributed by atoms with Crippen LogP contribution >= 0.6 is 0 Å². The Morgan fingerprint density at radius 3 is 2.81 bits per heavy atom. The fraction of sp³-hybridized carbons (Fsp3) is 0.471. The Hall–Kier alpha value is -1.51. The van der Waals surface area contributed by atoms with Gasteiger partial charge in [-0.1, -0.05) is 18.8 Å². The van der Waals surface area contributed by atoms with Crippen molar-refractivity contribution in [2.24, 2.45) is 0 Å². The van der Waals surface area contributed by atoms with E-state index in [1.807, 2.05) is 39.9 Å². The predicted octanol–water partition coefficient (Wildman–Crippen LogP) is -0.282. The molecule has 0 aromatic carbocycles. The Kier molecular flexibility index (Phi) is 5.37. The van der Waals surface area contributed by atoms with Crippen LogP contribution in [0.25, 0.3) is 0 Å². The average Bonchev–Trinajstić information content (AvgIpc) is 3.04. The van der Waals surface area contributed by atoms with Gasteiger partial charge in [-0.15, -0.1) is 0 Å². The Balaban J connectivity index is 0.00000196. The van der Waals surface area contributed by atoms with Gasteiger partial charge in [0, 0.05) is 19.6 Å². The molecule has 2 bridgehead atoms. The van der Waals surface area contributed by atoms with Gasteiger partial charge < -0.3 is 19.3 Å². The summed E-state index contributed by atoms with van der Waals surface area (Å²) in [5, 5.41) is 0. The van der Waals surface area contributed by atoms with E-state index in [0.717, 1.165) is 5.69 Å². The molecule has 3 aliphatic heterocycles. The number of carbonyl (C=O) groups is 2. The summed E-state index contributed by atoms with van der Waals surface area (Å²) in [5.41, 5.74) is 0.242. The largest absolute Gasteiger partial charge is 2.00 e. The number of aromatic nitrogens is 1. The maximum Gasteiger partial charge on any atom is 2.00 e. The third-order valence-corrected chi connectivity index (χ3v) is 4.73. The van der Waals surface area contributed by atoms with Gasteiger partial charge in [-0.25, -0.2) is 0 Å². The van der Waals surface area contributed by atoms with Gasteiger partial charge in [0.2, 0.25) is 0 Å². The van der Waals surface area contributed by atoms with Gasteiger partial charge in [0.25, 0.3) is 5.97 Å². The fourth-order valence-electron chi connectivity index (χ4n) is 3.37. The Labute approximate surface area is 162 Å². The molecule has 1 radical (unpaired) electrons. The monoisotopic (exact) mass is 399 g/mol. The van der Waals surface area contributed by atoms with Crippen LogP contribution in [0.4, 0.5) is 0 Å². The van der Waals surface area contributed by atoms with Crippen molar-refractivity contribution >= 4 is 11.9 Å². The van der Waals surface area contributed by atoms with Gasteiger partial charge in [-0.05, 0) is 19.2 Å². The van der Waals surface area contributed by atoms with Crippen LogP contribution in [0.15, 0.2) is 18.2 Å². The van der Waals surface area contributed by atoms with E-state index in [1.165, 1.54) is 0 Å². The minimum Gasteiger partial charge on any atom is -0.617 e. The molecule has 1 unspecified atom stereocenters. The zero-order valence-corrected chi connectivity index (χ0v) is 15.7. The molecule has 2 saturated heterocycles. The molecule has 139 valence electrons. The van der Waals surface area contributed by atoms with Crippen molar-refractivity contribution in [1.29, 1.82) is 0 Å². The molecule has 4 heterocycles. The number of hydrogen-bond acceptors (Lipinski definition) is 8. The third kappa shape index (κ3) is 3.50. The zero-order valence-electron chi connectivity index (χ0n) is 14.5. The molecule has 2 fully saturated rings. The van der Waals surface area contributed by atoms with Crippen LogP contribution in [0.2, 0.25) is 0 Å². The summed E-state index contributed by atoms with van der Waals surface area (Å²) in [7, 11) is 1.95. The van der Waals surface area contributed by atoms with Crippen molar-refractivity contribution in [2.45, 2.75) is 12.3 Å². The van der Waals surface area contributed by atoms with Crippen molar-refractivity contribution < 1.29 is 36.1 Å². The first-order valence-corrected chi connectivity index (χ1v) is 8.23. The smallest absolute Gasteiger partial charge is 0.617 e. The molecule has 0 amide bonds. The van der Waals surface area contributed by atoms with Crippen LogP contribution in [-0.2, 0) is 48.4 Å². The Bertz CT molecular complexity index is 718. The van der Waals surface area contributed by atoms with E-state index < -0.39 is 5.72 Å². The molecular weight excluding hydrogens is 379 g/mol. The normalized spacial score (nSPS) is 28.2. The number of nitrogens with zero attached hydrogens (tertiary/aromatic N) is 4. The van der Waals surface area contributed by atoms with Gasteiger partial charge in [0.1, 0.15) is 0 Å². The van der Waals surface area contributed by atoms with Crippen molar-refractivity contribution in [2.75, 3.05) is 39.8 Å². The van der Waals surface area contributed by atoms with Crippen molar-refractivity contribution in [3.63, 3.8) is 0 Å². The molecule has 0 saturated carbocycles. The molecule has 3 aliphatic rings. The van der Waals surface area contributed by atoms with Crippen molar-refractivity contribution in [3.8, 4) is 0 Å². The third-order valence-electron chi connectivity index (χ3n) is 4.73. The quantitative estimate of drug-likeness (QED) is 0.335. The van der Waals surface area contributed by atoms with Crippen LogP contribution in [0.3, 0.4) is 0 Å². The van der Waals surface area contributed by atoms with E-state index in [0.29, 0.717) is 38.1 Å². The summed E-state index contributed by atoms with van der Waals surface area (Å²) >= 11 is 0. The first-order valence-electron chi connectivity index (χ1n) is 8.23. The van der Waals surface area contributed by atoms with Gasteiger partial charge in [0.15, 0.2) is 0 Å². The second-order valence-electron chi connectivity index (χ2n) is 6.66. The predicted molar refractivity (Wildman–Crippen MR) is 86.2 cm³/mol. The second-order valence-corrected chi connectivity index (χ2v) is 6.66. The number of pyridine rings is 1. The number of rotatable bonds is 0. The van der Waals surface area contributed by atoms with Crippen LogP contribution in [0.1, 0.15) is 11.4 Å². The van der Waals surface area contributed by atoms with Gasteiger partial charge in [-0.2, -0.15) is 0 Å². The van der Waals surface area contributed by atoms with Gasteiger partial charge in [-0.3, -0.25) is 26.4 Å². The minimum absolute atomic E-state index is 0. The number of ether oxygens (including phenoxy) is 2. The number of likely N-dealkylation sites (N-methyl/N-ethyl adjacent to an activating group) is 1. The van der Waals surface area contributed by atoms with Gasteiger partial charge in [0.05, 0.1) is 30.2 Å². The van der Waals surface area contributed by atoms with E-state index in [4.69, 9.17) is 9.47 Å². The number of carbonyl (C=O) groups excluding carboxylic acids is 2. The standard InChI is InChI=1S/C17H20N4O4.Mn/c1-17-13-5-3-4-12(18-13)8-20-10-15(22)24-14(20)9-19(2)6-7-21(17)11-16(23)25-17;/h3-5H,1,6-11H2,2H3;/q-2;+2. The summed E-state index contributed by atoms with van der Waals surface area (Å²) in [6.07, 6.45) is 0.634. The summed E-state index contributed by atoms with van der Waals surface area (Å²) in [4.78, 5) is 34.1. The van der Waals surface area contributed by atoms with Crippen molar-refractivity contribution in [3.05, 3.63) is 42.7 Å². The minimum atomic E-state index is -1.11. The number of esters is 2. The summed E-state index contributed by atoms with van der Waals surface area (Å²) < 4.78 is 10.9. The van der Waals surface area contributed by atoms with E-state index >= 15 is 0 Å². The molecule has 4 rings (SSSR count). The summed E-state index contributed by atoms with van der Waals surface area (Å²) in [6, 6.07) is 5.56. The molecule has 8 nitrogen and oxygen atoms in total. The molecule has 9 heteroatoms. The van der Waals surface area contributed by atoms with Gasteiger partial charge >= 0.3 is 23.0 Å². The summed E-state index contributed by atoms with van der Waals surface area (Å²) in [5.74, 6) is -0.554. The Morgan fingerprint density at radius 1 is 1.19 bits per heavy atom. The second kappa shape index (κ2) is 7.25. The van der Waals surface area contributed by atoms with E-state index in [1.54, 1.807) is 0 Å². The molecule has 0 aliphatic carbocycles.